The molecule has 19 heavy (non-hydrogen) atoms. The molecule has 5 nitrogen and oxygen atoms in total. The van der Waals surface area contributed by atoms with E-state index in [9.17, 15) is 14.9 Å². The van der Waals surface area contributed by atoms with Crippen LogP contribution in [-0.2, 0) is 0 Å². The number of Topliss-reactive ketones (excluding diaryl/α,β-unsaturated/α-hetero) is 1. The number of nitro benzene ring substituents is 1. The number of hydrogen-bond acceptors (Lipinski definition) is 4. The summed E-state index contributed by atoms with van der Waals surface area (Å²) in [6.07, 6.45) is 0. The van der Waals surface area contributed by atoms with Gasteiger partial charge in [-0.15, -0.1) is 0 Å². The van der Waals surface area contributed by atoms with Gasteiger partial charge in [-0.25, -0.2) is 0 Å². The molecule has 0 atom stereocenters. The van der Waals surface area contributed by atoms with Crippen LogP contribution in [0.3, 0.4) is 0 Å². The lowest BCUT2D eigenvalue weighted by Crippen LogP contribution is -1.95. The highest BCUT2D eigenvalue weighted by atomic mass is 16.6. The van der Waals surface area contributed by atoms with Crippen LogP contribution in [0.2, 0.25) is 0 Å². The van der Waals surface area contributed by atoms with E-state index < -0.39 is 4.92 Å². The van der Waals surface area contributed by atoms with Crippen molar-refractivity contribution in [1.82, 2.24) is 0 Å². The average molecular weight is 257 g/mol. The Morgan fingerprint density at radius 2 is 1.89 bits per heavy atom. The van der Waals surface area contributed by atoms with Gasteiger partial charge < -0.3 is 4.74 Å². The summed E-state index contributed by atoms with van der Waals surface area (Å²) in [7, 11) is 0. The summed E-state index contributed by atoms with van der Waals surface area (Å²) >= 11 is 0. The maximum Gasteiger partial charge on any atom is 0.311 e. The normalized spacial score (nSPS) is 9.95. The molecule has 0 amide bonds. The minimum atomic E-state index is -0.510. The van der Waals surface area contributed by atoms with Gasteiger partial charge in [0.15, 0.2) is 5.78 Å². The van der Waals surface area contributed by atoms with Crippen LogP contribution < -0.4 is 4.74 Å². The van der Waals surface area contributed by atoms with Crippen molar-refractivity contribution in [2.24, 2.45) is 0 Å². The van der Waals surface area contributed by atoms with Crippen LogP contribution in [0.1, 0.15) is 17.3 Å². The number of ether oxygens (including phenoxy) is 1. The van der Waals surface area contributed by atoms with Gasteiger partial charge >= 0.3 is 5.69 Å². The molecule has 5 heteroatoms. The van der Waals surface area contributed by atoms with E-state index >= 15 is 0 Å². The SMILES string of the molecule is CC(=O)c1cccc(Oc2ccccc2[N+](=O)[O-])c1. The van der Waals surface area contributed by atoms with Gasteiger partial charge in [0.1, 0.15) is 5.75 Å². The summed E-state index contributed by atoms with van der Waals surface area (Å²) in [5.74, 6) is 0.447. The van der Waals surface area contributed by atoms with Crippen molar-refractivity contribution in [1.29, 1.82) is 0 Å². The fourth-order valence-electron chi connectivity index (χ4n) is 1.60. The lowest BCUT2D eigenvalue weighted by molar-refractivity contribution is -0.385. The molecule has 0 heterocycles. The first kappa shape index (κ1) is 12.8. The van der Waals surface area contributed by atoms with Gasteiger partial charge in [0.2, 0.25) is 5.75 Å². The summed E-state index contributed by atoms with van der Waals surface area (Å²) in [6.45, 7) is 1.45. The number of para-hydroxylation sites is 2. The highest BCUT2D eigenvalue weighted by molar-refractivity contribution is 5.94. The molecule has 0 saturated heterocycles. The molecule has 0 radical (unpaired) electrons. The Bertz CT molecular complexity index is 637. The van der Waals surface area contributed by atoms with Gasteiger partial charge in [0.05, 0.1) is 4.92 Å². The molecule has 2 aromatic rings. The number of carbonyl (C=O) groups excluding carboxylic acids is 1. The van der Waals surface area contributed by atoms with E-state index in [-0.39, 0.29) is 17.2 Å². The van der Waals surface area contributed by atoms with Gasteiger partial charge in [-0.05, 0) is 25.1 Å². The average Bonchev–Trinajstić information content (AvgIpc) is 2.39. The molecule has 0 saturated carbocycles. The monoisotopic (exact) mass is 257 g/mol. The van der Waals surface area contributed by atoms with Crippen LogP contribution in [0.5, 0.6) is 11.5 Å². The van der Waals surface area contributed by atoms with Crippen molar-refractivity contribution >= 4 is 11.5 Å². The van der Waals surface area contributed by atoms with Gasteiger partial charge in [0, 0.05) is 11.6 Å². The van der Waals surface area contributed by atoms with Crippen molar-refractivity contribution in [3.05, 3.63) is 64.2 Å². The van der Waals surface area contributed by atoms with E-state index in [2.05, 4.69) is 0 Å². The molecule has 0 spiro atoms. The Balaban J connectivity index is 2.34. The summed E-state index contributed by atoms with van der Waals surface area (Å²) in [4.78, 5) is 21.6. The van der Waals surface area contributed by atoms with Gasteiger partial charge in [-0.2, -0.15) is 0 Å². The predicted molar refractivity (Wildman–Crippen MR) is 69.6 cm³/mol. The Hall–Kier alpha value is -2.69. The number of benzene rings is 2. The van der Waals surface area contributed by atoms with Gasteiger partial charge in [-0.3, -0.25) is 14.9 Å². The Kier molecular flexibility index (Phi) is 3.56. The van der Waals surface area contributed by atoms with E-state index in [0.717, 1.165) is 0 Å². The number of carbonyl (C=O) groups is 1. The minimum absolute atomic E-state index is 0.0898. The van der Waals surface area contributed by atoms with Gasteiger partial charge in [0.25, 0.3) is 0 Å². The summed E-state index contributed by atoms with van der Waals surface area (Å²) < 4.78 is 5.47. The number of nitro groups is 1. The van der Waals surface area contributed by atoms with Crippen LogP contribution >= 0.6 is 0 Å². The maximum atomic E-state index is 11.3. The Morgan fingerprint density at radius 1 is 1.16 bits per heavy atom. The largest absolute Gasteiger partial charge is 0.450 e. The van der Waals surface area contributed by atoms with Crippen molar-refractivity contribution < 1.29 is 14.5 Å². The fourth-order valence-corrected chi connectivity index (χ4v) is 1.60. The van der Waals surface area contributed by atoms with E-state index in [1.54, 1.807) is 36.4 Å². The van der Waals surface area contributed by atoms with Gasteiger partial charge in [-0.1, -0.05) is 24.3 Å². The molecule has 0 aromatic heterocycles. The summed E-state index contributed by atoms with van der Waals surface area (Å²) in [6, 6.07) is 12.6. The van der Waals surface area contributed by atoms with Crippen molar-refractivity contribution in [3.8, 4) is 11.5 Å². The number of ketones is 1. The quantitative estimate of drug-likeness (QED) is 0.476. The predicted octanol–water partition coefficient (Wildman–Crippen LogP) is 3.59. The number of nitrogens with zero attached hydrogens (tertiary/aromatic N) is 1. The van der Waals surface area contributed by atoms with Crippen LogP contribution in [0.25, 0.3) is 0 Å². The Morgan fingerprint density at radius 3 is 2.58 bits per heavy atom. The first-order valence-electron chi connectivity index (χ1n) is 5.60. The second-order valence-corrected chi connectivity index (χ2v) is 3.91. The van der Waals surface area contributed by atoms with Crippen LogP contribution in [0.4, 0.5) is 5.69 Å². The Labute approximate surface area is 109 Å². The maximum absolute atomic E-state index is 11.3. The van der Waals surface area contributed by atoms with E-state index in [4.69, 9.17) is 4.74 Å². The highest BCUT2D eigenvalue weighted by Gasteiger charge is 2.14. The molecule has 0 aliphatic rings. The molecule has 0 N–H and O–H groups in total. The molecule has 2 rings (SSSR count). The molecular formula is C14H11NO4. The standard InChI is InChI=1S/C14H11NO4/c1-10(16)11-5-4-6-12(9-11)19-14-8-3-2-7-13(14)15(17)18/h2-9H,1H3. The van der Waals surface area contributed by atoms with Crippen molar-refractivity contribution in [2.75, 3.05) is 0 Å². The zero-order valence-electron chi connectivity index (χ0n) is 10.2. The third-order valence-electron chi connectivity index (χ3n) is 2.53. The van der Waals surface area contributed by atoms with Crippen LogP contribution in [0, 0.1) is 10.1 Å². The molecule has 0 unspecified atom stereocenters. The number of rotatable bonds is 4. The fraction of sp³-hybridized carbons (Fsp3) is 0.0714. The zero-order valence-corrected chi connectivity index (χ0v) is 10.2. The second-order valence-electron chi connectivity index (χ2n) is 3.91. The third kappa shape index (κ3) is 2.95. The van der Waals surface area contributed by atoms with Crippen molar-refractivity contribution in [2.45, 2.75) is 6.92 Å². The molecule has 0 bridgehead atoms. The molecule has 0 fully saturated rings. The van der Waals surface area contributed by atoms with E-state index in [0.29, 0.717) is 11.3 Å². The lowest BCUT2D eigenvalue weighted by Gasteiger charge is -2.06. The molecule has 96 valence electrons. The third-order valence-corrected chi connectivity index (χ3v) is 2.53. The van der Waals surface area contributed by atoms with Crippen molar-refractivity contribution in [3.63, 3.8) is 0 Å². The molecular weight excluding hydrogens is 246 g/mol. The molecule has 2 aromatic carbocycles. The van der Waals surface area contributed by atoms with Crippen LogP contribution in [0.15, 0.2) is 48.5 Å². The summed E-state index contributed by atoms with van der Waals surface area (Å²) in [5.41, 5.74) is 0.381. The first-order chi connectivity index (χ1) is 9.08. The molecule has 0 aliphatic carbocycles. The highest BCUT2D eigenvalue weighted by Crippen LogP contribution is 2.31. The number of hydrogen-bond donors (Lipinski definition) is 0. The smallest absolute Gasteiger partial charge is 0.311 e. The van der Waals surface area contributed by atoms with Crippen LogP contribution in [-0.4, -0.2) is 10.7 Å². The second kappa shape index (κ2) is 5.30. The topological polar surface area (TPSA) is 69.4 Å². The van der Waals surface area contributed by atoms with E-state index in [1.807, 2.05) is 0 Å². The minimum Gasteiger partial charge on any atom is -0.450 e. The lowest BCUT2D eigenvalue weighted by atomic mass is 10.1. The zero-order chi connectivity index (χ0) is 13.8. The first-order valence-corrected chi connectivity index (χ1v) is 5.60. The summed E-state index contributed by atoms with van der Waals surface area (Å²) in [5, 5.41) is 10.9. The molecule has 0 aliphatic heterocycles. The van der Waals surface area contributed by atoms with E-state index in [1.165, 1.54) is 19.1 Å².